The Hall–Kier alpha value is -2.48. The third-order valence-corrected chi connectivity index (χ3v) is 11.4. The summed E-state index contributed by atoms with van der Waals surface area (Å²) in [5.41, 5.74) is -1.72. The Balaban J connectivity index is 2.73. The van der Waals surface area contributed by atoms with E-state index in [-0.39, 0.29) is 11.0 Å². The summed E-state index contributed by atoms with van der Waals surface area (Å²) in [4.78, 5) is 26.9. The van der Waals surface area contributed by atoms with Gasteiger partial charge in [0.15, 0.2) is 5.92 Å². The zero-order chi connectivity index (χ0) is 29.8. The lowest BCUT2D eigenvalue weighted by Gasteiger charge is -2.47. The van der Waals surface area contributed by atoms with Crippen molar-refractivity contribution in [2.75, 3.05) is 0 Å². The predicted octanol–water partition coefficient (Wildman–Crippen LogP) is 5.25. The van der Waals surface area contributed by atoms with E-state index in [2.05, 4.69) is 45.0 Å². The molecule has 1 N–H and O–H groups in total. The average Bonchev–Trinajstić information content (AvgIpc) is 2.77. The van der Waals surface area contributed by atoms with Gasteiger partial charge in [-0.1, -0.05) is 95.3 Å². The number of hydrogen-bond acceptors (Lipinski definition) is 6. The first-order chi connectivity index (χ1) is 17.8. The molecule has 0 heterocycles. The van der Waals surface area contributed by atoms with Crippen LogP contribution in [0, 0.1) is 11.8 Å². The van der Waals surface area contributed by atoms with E-state index in [1.807, 2.05) is 50.2 Å². The maximum absolute atomic E-state index is 13.4. The van der Waals surface area contributed by atoms with Crippen LogP contribution in [0.2, 0.25) is 5.04 Å². The van der Waals surface area contributed by atoms with Gasteiger partial charge in [0.1, 0.15) is 17.3 Å². The minimum Gasteiger partial charge on any atom is -0.459 e. The van der Waals surface area contributed by atoms with Crippen molar-refractivity contribution in [2.24, 2.45) is 11.8 Å². The van der Waals surface area contributed by atoms with Gasteiger partial charge in [0.05, 0.1) is 6.10 Å². The molecule has 0 radical (unpaired) electrons. The van der Waals surface area contributed by atoms with Crippen LogP contribution in [-0.2, 0) is 23.5 Å². The van der Waals surface area contributed by atoms with E-state index in [4.69, 9.17) is 13.9 Å². The van der Waals surface area contributed by atoms with E-state index in [1.165, 1.54) is 0 Å². The van der Waals surface area contributed by atoms with Crippen LogP contribution < -0.4 is 10.4 Å². The van der Waals surface area contributed by atoms with Crippen molar-refractivity contribution >= 4 is 30.6 Å². The molecule has 2 aromatic carbocycles. The summed E-state index contributed by atoms with van der Waals surface area (Å²) in [6, 6.07) is 20.1. The Labute approximate surface area is 236 Å². The second-order valence-electron chi connectivity index (χ2n) is 13.5. The standard InChI is InChI=1S/C32H48O6Si/c1-22(2)27(26(33)25(28(34)36-30(3,4)5)29(35)37-31(6,7)8)38-39(32(9,10)11,23-18-14-12-15-19-23)24-20-16-13-17-21-24/h12-22,25-27,33H,1-11H3/t26-,27-/m0/s1. The van der Waals surface area contributed by atoms with E-state index in [0.29, 0.717) is 0 Å². The van der Waals surface area contributed by atoms with Crippen LogP contribution in [-0.4, -0.2) is 48.8 Å². The highest BCUT2D eigenvalue weighted by Crippen LogP contribution is 2.39. The van der Waals surface area contributed by atoms with Gasteiger partial charge in [-0.05, 0) is 62.9 Å². The number of carbonyl (C=O) groups is 2. The molecule has 0 aliphatic carbocycles. The normalized spacial score (nSPS) is 14.7. The summed E-state index contributed by atoms with van der Waals surface area (Å²) >= 11 is 0. The molecule has 2 rings (SSSR count). The molecule has 0 saturated heterocycles. The number of rotatable bonds is 9. The summed E-state index contributed by atoms with van der Waals surface area (Å²) in [7, 11) is -3.11. The maximum Gasteiger partial charge on any atom is 0.323 e. The highest BCUT2D eigenvalue weighted by Gasteiger charge is 2.54. The molecular formula is C32H48O6Si. The Morgan fingerprint density at radius 1 is 0.692 bits per heavy atom. The van der Waals surface area contributed by atoms with Gasteiger partial charge in [-0.15, -0.1) is 0 Å². The van der Waals surface area contributed by atoms with Gasteiger partial charge >= 0.3 is 11.9 Å². The Kier molecular flexibility index (Phi) is 10.4. The zero-order valence-corrected chi connectivity index (χ0v) is 26.6. The van der Waals surface area contributed by atoms with Crippen molar-refractivity contribution < 1.29 is 28.6 Å². The van der Waals surface area contributed by atoms with Gasteiger partial charge < -0.3 is 19.0 Å². The molecule has 0 aliphatic rings. The molecule has 6 nitrogen and oxygen atoms in total. The largest absolute Gasteiger partial charge is 0.459 e. The molecule has 0 aliphatic heterocycles. The number of aliphatic hydroxyl groups is 1. The molecule has 0 saturated carbocycles. The number of aliphatic hydroxyl groups excluding tert-OH is 1. The van der Waals surface area contributed by atoms with E-state index >= 15 is 0 Å². The van der Waals surface area contributed by atoms with E-state index in [0.717, 1.165) is 10.4 Å². The van der Waals surface area contributed by atoms with Gasteiger partial charge in [0, 0.05) is 0 Å². The Bertz CT molecular complexity index is 1010. The summed E-state index contributed by atoms with van der Waals surface area (Å²) < 4.78 is 18.4. The molecule has 2 aromatic rings. The van der Waals surface area contributed by atoms with Crippen LogP contribution in [0.15, 0.2) is 60.7 Å². The lowest BCUT2D eigenvalue weighted by molar-refractivity contribution is -0.184. The van der Waals surface area contributed by atoms with Gasteiger partial charge in [0.2, 0.25) is 0 Å². The topological polar surface area (TPSA) is 82.1 Å². The molecule has 2 atom stereocenters. The number of hydrogen-bond donors (Lipinski definition) is 1. The number of carbonyl (C=O) groups excluding carboxylic acids is 2. The molecular weight excluding hydrogens is 508 g/mol. The summed E-state index contributed by atoms with van der Waals surface area (Å²) in [5.74, 6) is -3.48. The fraction of sp³-hybridized carbons (Fsp3) is 0.562. The predicted molar refractivity (Wildman–Crippen MR) is 159 cm³/mol. The number of benzene rings is 2. The monoisotopic (exact) mass is 556 g/mol. The van der Waals surface area contributed by atoms with Gasteiger partial charge in [0.25, 0.3) is 8.32 Å². The third-order valence-electron chi connectivity index (χ3n) is 6.39. The first-order valence-electron chi connectivity index (χ1n) is 13.7. The smallest absolute Gasteiger partial charge is 0.323 e. The average molecular weight is 557 g/mol. The highest BCUT2D eigenvalue weighted by molar-refractivity contribution is 6.99. The minimum atomic E-state index is -3.11. The van der Waals surface area contributed by atoms with E-state index in [9.17, 15) is 14.7 Å². The van der Waals surface area contributed by atoms with E-state index in [1.54, 1.807) is 41.5 Å². The SMILES string of the molecule is CC(C)[C@H](O[Si](c1ccccc1)(c1ccccc1)C(C)(C)C)[C@@H](O)C(C(=O)OC(C)(C)C)C(=O)OC(C)(C)C. The Morgan fingerprint density at radius 2 is 1.05 bits per heavy atom. The van der Waals surface area contributed by atoms with Gasteiger partial charge in [-0.3, -0.25) is 9.59 Å². The lowest BCUT2D eigenvalue weighted by Crippen LogP contribution is -2.69. The quantitative estimate of drug-likeness (QED) is 0.258. The molecule has 0 fully saturated rings. The first-order valence-corrected chi connectivity index (χ1v) is 15.6. The second-order valence-corrected chi connectivity index (χ2v) is 17.8. The molecule has 0 bridgehead atoms. The highest BCUT2D eigenvalue weighted by atomic mass is 28.4. The zero-order valence-electron chi connectivity index (χ0n) is 25.6. The van der Waals surface area contributed by atoms with Crippen LogP contribution in [0.3, 0.4) is 0 Å². The number of esters is 2. The van der Waals surface area contributed by atoms with Crippen LogP contribution in [0.1, 0.15) is 76.2 Å². The number of ether oxygens (including phenoxy) is 2. The third kappa shape index (κ3) is 8.26. The van der Waals surface area contributed by atoms with Gasteiger partial charge in [-0.25, -0.2) is 0 Å². The second kappa shape index (κ2) is 12.4. The van der Waals surface area contributed by atoms with Crippen molar-refractivity contribution in [3.8, 4) is 0 Å². The van der Waals surface area contributed by atoms with Crippen molar-refractivity contribution in [1.82, 2.24) is 0 Å². The van der Waals surface area contributed by atoms with Crippen molar-refractivity contribution in [3.05, 3.63) is 60.7 Å². The molecule has 0 spiro atoms. The molecule has 7 heteroatoms. The Morgan fingerprint density at radius 3 is 1.33 bits per heavy atom. The van der Waals surface area contributed by atoms with Crippen LogP contribution in [0.4, 0.5) is 0 Å². The fourth-order valence-corrected chi connectivity index (χ4v) is 9.63. The lowest BCUT2D eigenvalue weighted by atomic mass is 9.91. The van der Waals surface area contributed by atoms with E-state index < -0.39 is 49.6 Å². The maximum atomic E-state index is 13.4. The van der Waals surface area contributed by atoms with Crippen molar-refractivity contribution in [1.29, 1.82) is 0 Å². The van der Waals surface area contributed by atoms with Crippen LogP contribution in [0.25, 0.3) is 0 Å². The molecule has 216 valence electrons. The van der Waals surface area contributed by atoms with Crippen molar-refractivity contribution in [2.45, 2.75) is 105 Å². The van der Waals surface area contributed by atoms with Crippen LogP contribution in [0.5, 0.6) is 0 Å². The van der Waals surface area contributed by atoms with Gasteiger partial charge in [-0.2, -0.15) is 0 Å². The molecule has 39 heavy (non-hydrogen) atoms. The van der Waals surface area contributed by atoms with Crippen molar-refractivity contribution in [3.63, 3.8) is 0 Å². The fourth-order valence-electron chi connectivity index (χ4n) is 4.79. The molecule has 0 amide bonds. The summed E-state index contributed by atoms with van der Waals surface area (Å²) in [6.45, 7) is 20.6. The summed E-state index contributed by atoms with van der Waals surface area (Å²) in [6.07, 6.45) is -2.38. The summed E-state index contributed by atoms with van der Waals surface area (Å²) in [5, 5.41) is 13.6. The first kappa shape index (κ1) is 32.7. The van der Waals surface area contributed by atoms with Crippen LogP contribution >= 0.6 is 0 Å². The molecule has 0 unspecified atom stereocenters. The minimum absolute atomic E-state index is 0.242. The molecule has 0 aromatic heterocycles.